The fraction of sp³-hybridized carbons (Fsp3) is 0.333. The summed E-state index contributed by atoms with van der Waals surface area (Å²) in [7, 11) is 0. The Bertz CT molecular complexity index is 848. The number of nitrogens with zero attached hydrogens (tertiary/aromatic N) is 1. The summed E-state index contributed by atoms with van der Waals surface area (Å²) in [6.45, 7) is -0.980. The van der Waals surface area contributed by atoms with E-state index in [-0.39, 0.29) is 36.2 Å². The van der Waals surface area contributed by atoms with Crippen molar-refractivity contribution in [3.63, 3.8) is 0 Å². The molecule has 3 rings (SSSR count). The van der Waals surface area contributed by atoms with E-state index < -0.39 is 35.4 Å². The van der Waals surface area contributed by atoms with E-state index in [0.29, 0.717) is 6.07 Å². The molecule has 0 aliphatic heterocycles. The first-order valence-corrected chi connectivity index (χ1v) is 8.00. The lowest BCUT2D eigenvalue weighted by Gasteiger charge is -2.38. The standard InChI is InChI=1S/C18H17F3N2O3/c19-12-4-3-11(14(20)8-12)9-23-16(25)18(21)6-5-17(26,10-24)15-13(18)2-1-7-22-15/h1-4,7-8,24,26H,5-6,9-10H2,(H,23,25)/t17-,18+/m1/s1. The molecular formula is C18H17F3N2O3. The summed E-state index contributed by atoms with van der Waals surface area (Å²) in [5.41, 5.74) is -4.44. The van der Waals surface area contributed by atoms with Gasteiger partial charge in [0.05, 0.1) is 12.3 Å². The lowest BCUT2D eigenvalue weighted by atomic mass is 9.74. The van der Waals surface area contributed by atoms with E-state index in [2.05, 4.69) is 10.3 Å². The van der Waals surface area contributed by atoms with Crippen molar-refractivity contribution in [2.45, 2.75) is 30.7 Å². The molecule has 0 saturated carbocycles. The maximum absolute atomic E-state index is 15.5. The van der Waals surface area contributed by atoms with Crippen LogP contribution in [-0.2, 0) is 22.6 Å². The molecule has 8 heteroatoms. The van der Waals surface area contributed by atoms with Crippen LogP contribution in [0.1, 0.15) is 29.7 Å². The fourth-order valence-corrected chi connectivity index (χ4v) is 3.10. The largest absolute Gasteiger partial charge is 0.393 e. The SMILES string of the molecule is O=C(NCc1ccc(F)cc1F)[C@]1(F)CC[C@@](O)(CO)c2ncccc21. The number of aliphatic hydroxyl groups is 2. The summed E-state index contributed by atoms with van der Waals surface area (Å²) in [4.78, 5) is 16.4. The minimum absolute atomic E-state index is 0.0115. The number of carbonyl (C=O) groups excluding carboxylic acids is 1. The minimum Gasteiger partial charge on any atom is -0.393 e. The van der Waals surface area contributed by atoms with Gasteiger partial charge in [-0.2, -0.15) is 0 Å². The van der Waals surface area contributed by atoms with Crippen LogP contribution in [0.4, 0.5) is 13.2 Å². The maximum Gasteiger partial charge on any atom is 0.262 e. The van der Waals surface area contributed by atoms with E-state index in [1.54, 1.807) is 0 Å². The van der Waals surface area contributed by atoms with Crippen LogP contribution in [-0.4, -0.2) is 27.7 Å². The number of pyridine rings is 1. The molecule has 3 N–H and O–H groups in total. The molecule has 1 heterocycles. The van der Waals surface area contributed by atoms with Crippen LogP contribution in [0.5, 0.6) is 0 Å². The van der Waals surface area contributed by atoms with Crippen LogP contribution < -0.4 is 5.32 Å². The number of aliphatic hydroxyl groups excluding tert-OH is 1. The smallest absolute Gasteiger partial charge is 0.262 e. The van der Waals surface area contributed by atoms with Crippen molar-refractivity contribution in [2.75, 3.05) is 6.61 Å². The number of hydrogen-bond acceptors (Lipinski definition) is 4. The van der Waals surface area contributed by atoms with E-state index >= 15 is 4.39 Å². The summed E-state index contributed by atoms with van der Waals surface area (Å²) in [5, 5.41) is 22.2. The highest BCUT2D eigenvalue weighted by atomic mass is 19.1. The number of hydrogen-bond donors (Lipinski definition) is 3. The van der Waals surface area contributed by atoms with Gasteiger partial charge in [-0.3, -0.25) is 9.78 Å². The van der Waals surface area contributed by atoms with Crippen molar-refractivity contribution in [1.82, 2.24) is 10.3 Å². The molecule has 0 bridgehead atoms. The molecule has 0 spiro atoms. The number of nitrogens with one attached hydrogen (secondary N) is 1. The first kappa shape index (κ1) is 18.3. The third-order valence-corrected chi connectivity index (χ3v) is 4.63. The number of fused-ring (bicyclic) bond motifs is 1. The second kappa shape index (κ2) is 6.69. The first-order valence-electron chi connectivity index (χ1n) is 8.00. The van der Waals surface area contributed by atoms with E-state index in [0.717, 1.165) is 12.1 Å². The van der Waals surface area contributed by atoms with Gasteiger partial charge >= 0.3 is 0 Å². The number of rotatable bonds is 4. The van der Waals surface area contributed by atoms with E-state index in [9.17, 15) is 23.8 Å². The number of alkyl halides is 1. The van der Waals surface area contributed by atoms with Gasteiger partial charge in [0, 0.05) is 29.9 Å². The van der Waals surface area contributed by atoms with E-state index in [1.165, 1.54) is 18.3 Å². The maximum atomic E-state index is 15.5. The molecule has 1 aromatic carbocycles. The summed E-state index contributed by atoms with van der Waals surface area (Å²) in [5.74, 6) is -2.62. The average molecular weight is 366 g/mol. The summed E-state index contributed by atoms with van der Waals surface area (Å²) in [6, 6.07) is 5.62. The zero-order valence-electron chi connectivity index (χ0n) is 13.7. The van der Waals surface area contributed by atoms with Gasteiger partial charge < -0.3 is 15.5 Å². The molecule has 0 fully saturated rings. The topological polar surface area (TPSA) is 82.5 Å². The Morgan fingerprint density at radius 1 is 1.27 bits per heavy atom. The quantitative estimate of drug-likeness (QED) is 0.771. The molecule has 1 aliphatic carbocycles. The third kappa shape index (κ3) is 3.06. The zero-order valence-corrected chi connectivity index (χ0v) is 13.7. The molecule has 26 heavy (non-hydrogen) atoms. The highest BCUT2D eigenvalue weighted by molar-refractivity contribution is 5.87. The van der Waals surface area contributed by atoms with Crippen LogP contribution in [0, 0.1) is 11.6 Å². The lowest BCUT2D eigenvalue weighted by molar-refractivity contribution is -0.138. The van der Waals surface area contributed by atoms with Crippen LogP contribution in [0.3, 0.4) is 0 Å². The van der Waals surface area contributed by atoms with Crippen molar-refractivity contribution in [3.8, 4) is 0 Å². The van der Waals surface area contributed by atoms with Crippen molar-refractivity contribution in [2.24, 2.45) is 0 Å². The highest BCUT2D eigenvalue weighted by Gasteiger charge is 2.51. The van der Waals surface area contributed by atoms with Crippen LogP contribution in [0.15, 0.2) is 36.5 Å². The fourth-order valence-electron chi connectivity index (χ4n) is 3.10. The average Bonchev–Trinajstić information content (AvgIpc) is 2.64. The summed E-state index contributed by atoms with van der Waals surface area (Å²) >= 11 is 0. The van der Waals surface area contributed by atoms with Gasteiger partial charge in [-0.15, -0.1) is 0 Å². The molecule has 2 aromatic rings. The Labute approximate surface area is 147 Å². The number of amides is 1. The van der Waals surface area contributed by atoms with Gasteiger partial charge in [-0.05, 0) is 25.0 Å². The van der Waals surface area contributed by atoms with Crippen LogP contribution >= 0.6 is 0 Å². The second-order valence-corrected chi connectivity index (χ2v) is 6.31. The normalized spacial score (nSPS) is 24.8. The van der Waals surface area contributed by atoms with Gasteiger partial charge in [0.2, 0.25) is 5.67 Å². The van der Waals surface area contributed by atoms with Crippen molar-refractivity contribution < 1.29 is 28.2 Å². The second-order valence-electron chi connectivity index (χ2n) is 6.31. The number of halogens is 3. The molecule has 1 aliphatic rings. The Balaban J connectivity index is 1.85. The van der Waals surface area contributed by atoms with E-state index in [1.807, 2.05) is 0 Å². The monoisotopic (exact) mass is 366 g/mol. The molecular weight excluding hydrogens is 349 g/mol. The van der Waals surface area contributed by atoms with Crippen LogP contribution in [0.2, 0.25) is 0 Å². The van der Waals surface area contributed by atoms with Gasteiger partial charge in [0.15, 0.2) is 0 Å². The molecule has 0 saturated heterocycles. The number of aromatic nitrogens is 1. The zero-order chi connectivity index (χ0) is 18.9. The van der Waals surface area contributed by atoms with Crippen LogP contribution in [0.25, 0.3) is 0 Å². The molecule has 138 valence electrons. The third-order valence-electron chi connectivity index (χ3n) is 4.63. The van der Waals surface area contributed by atoms with Gasteiger partial charge in [0.1, 0.15) is 17.2 Å². The Kier molecular flexibility index (Phi) is 4.72. The predicted octanol–water partition coefficient (Wildman–Crippen LogP) is 1.81. The molecule has 0 radical (unpaired) electrons. The van der Waals surface area contributed by atoms with Crippen molar-refractivity contribution >= 4 is 5.91 Å². The summed E-state index contributed by atoms with van der Waals surface area (Å²) in [6.07, 6.45) is 0.750. The minimum atomic E-state index is -2.48. The number of carbonyl (C=O) groups is 1. The molecule has 2 atom stereocenters. The molecule has 1 aromatic heterocycles. The van der Waals surface area contributed by atoms with E-state index in [4.69, 9.17) is 0 Å². The van der Waals surface area contributed by atoms with Gasteiger partial charge in [-0.1, -0.05) is 12.1 Å². The molecule has 0 unspecified atom stereocenters. The predicted molar refractivity (Wildman–Crippen MR) is 85.4 cm³/mol. The number of benzene rings is 1. The highest BCUT2D eigenvalue weighted by Crippen LogP contribution is 2.45. The molecule has 1 amide bonds. The van der Waals surface area contributed by atoms with Gasteiger partial charge in [0.25, 0.3) is 5.91 Å². The molecule has 5 nitrogen and oxygen atoms in total. The van der Waals surface area contributed by atoms with Crippen molar-refractivity contribution in [1.29, 1.82) is 0 Å². The Morgan fingerprint density at radius 3 is 2.73 bits per heavy atom. The Morgan fingerprint density at radius 2 is 2.04 bits per heavy atom. The van der Waals surface area contributed by atoms with Gasteiger partial charge in [-0.25, -0.2) is 13.2 Å². The van der Waals surface area contributed by atoms with Crippen molar-refractivity contribution in [3.05, 3.63) is 65.0 Å². The first-order chi connectivity index (χ1) is 12.3. The lowest BCUT2D eigenvalue weighted by Crippen LogP contribution is -2.49. The summed E-state index contributed by atoms with van der Waals surface area (Å²) < 4.78 is 42.1. The Hall–Kier alpha value is -2.45.